The van der Waals surface area contributed by atoms with E-state index >= 15 is 0 Å². The van der Waals surface area contributed by atoms with Gasteiger partial charge in [-0.25, -0.2) is 8.78 Å². The SMILES string of the molecule is CC(O)c1cc(Br)ccc1Sc1ccc(F)c(F)c1. The number of rotatable bonds is 3. The van der Waals surface area contributed by atoms with Crippen LogP contribution in [0, 0.1) is 11.6 Å². The van der Waals surface area contributed by atoms with Crippen molar-refractivity contribution in [1.82, 2.24) is 0 Å². The molecule has 0 aliphatic carbocycles. The normalized spacial score (nSPS) is 12.5. The van der Waals surface area contributed by atoms with Crippen LogP contribution in [0.15, 0.2) is 50.7 Å². The van der Waals surface area contributed by atoms with E-state index in [1.54, 1.807) is 6.92 Å². The van der Waals surface area contributed by atoms with Gasteiger partial charge in [0.05, 0.1) is 6.10 Å². The Morgan fingerprint density at radius 1 is 1.11 bits per heavy atom. The first-order chi connectivity index (χ1) is 8.97. The Kier molecular flexibility index (Phi) is 4.60. The van der Waals surface area contributed by atoms with Crippen LogP contribution in [0.1, 0.15) is 18.6 Å². The van der Waals surface area contributed by atoms with Gasteiger partial charge in [-0.2, -0.15) is 0 Å². The molecule has 0 amide bonds. The van der Waals surface area contributed by atoms with E-state index in [1.807, 2.05) is 18.2 Å². The summed E-state index contributed by atoms with van der Waals surface area (Å²) in [5.41, 5.74) is 0.740. The molecule has 0 spiro atoms. The highest BCUT2D eigenvalue weighted by molar-refractivity contribution is 9.10. The molecule has 2 aromatic rings. The molecular formula is C14H11BrF2OS. The maximum absolute atomic E-state index is 13.2. The van der Waals surface area contributed by atoms with Gasteiger partial charge in [-0.05, 0) is 48.9 Å². The molecule has 0 heterocycles. The fourth-order valence-electron chi connectivity index (χ4n) is 1.61. The van der Waals surface area contributed by atoms with Crippen LogP contribution in [0.3, 0.4) is 0 Å². The zero-order valence-electron chi connectivity index (χ0n) is 10.0. The second-order valence-electron chi connectivity index (χ2n) is 4.04. The van der Waals surface area contributed by atoms with Gasteiger partial charge in [-0.3, -0.25) is 0 Å². The van der Waals surface area contributed by atoms with E-state index in [1.165, 1.54) is 17.8 Å². The monoisotopic (exact) mass is 344 g/mol. The zero-order chi connectivity index (χ0) is 14.0. The van der Waals surface area contributed by atoms with Crippen molar-refractivity contribution in [3.8, 4) is 0 Å². The predicted molar refractivity (Wildman–Crippen MR) is 75.3 cm³/mol. The van der Waals surface area contributed by atoms with E-state index in [2.05, 4.69) is 15.9 Å². The van der Waals surface area contributed by atoms with Gasteiger partial charge in [0, 0.05) is 14.3 Å². The van der Waals surface area contributed by atoms with Crippen LogP contribution in [0.25, 0.3) is 0 Å². The van der Waals surface area contributed by atoms with Crippen molar-refractivity contribution in [3.05, 3.63) is 58.1 Å². The molecule has 1 N–H and O–H groups in total. The first-order valence-corrected chi connectivity index (χ1v) is 7.18. The van der Waals surface area contributed by atoms with Crippen LogP contribution in [-0.2, 0) is 0 Å². The Balaban J connectivity index is 2.35. The van der Waals surface area contributed by atoms with Crippen LogP contribution in [0.5, 0.6) is 0 Å². The molecule has 1 nitrogen and oxygen atoms in total. The third-order valence-corrected chi connectivity index (χ3v) is 4.12. The summed E-state index contributed by atoms with van der Waals surface area (Å²) in [5, 5.41) is 9.74. The molecule has 0 radical (unpaired) electrons. The molecule has 2 rings (SSSR count). The molecule has 1 unspecified atom stereocenters. The number of aliphatic hydroxyl groups excluding tert-OH is 1. The summed E-state index contributed by atoms with van der Waals surface area (Å²) >= 11 is 4.63. The summed E-state index contributed by atoms with van der Waals surface area (Å²) in [6, 6.07) is 9.24. The molecule has 0 aliphatic rings. The van der Waals surface area contributed by atoms with Gasteiger partial charge in [-0.15, -0.1) is 0 Å². The second kappa shape index (κ2) is 6.03. The number of halogens is 3. The topological polar surface area (TPSA) is 20.2 Å². The fourth-order valence-corrected chi connectivity index (χ4v) is 3.02. The zero-order valence-corrected chi connectivity index (χ0v) is 12.4. The number of benzene rings is 2. The highest BCUT2D eigenvalue weighted by Gasteiger charge is 2.11. The minimum atomic E-state index is -0.874. The molecule has 0 bridgehead atoms. The lowest BCUT2D eigenvalue weighted by molar-refractivity contribution is 0.196. The molecule has 0 saturated heterocycles. The smallest absolute Gasteiger partial charge is 0.159 e. The van der Waals surface area contributed by atoms with Crippen molar-refractivity contribution in [1.29, 1.82) is 0 Å². The molecule has 100 valence electrons. The van der Waals surface area contributed by atoms with Crippen molar-refractivity contribution in [2.75, 3.05) is 0 Å². The summed E-state index contributed by atoms with van der Waals surface area (Å²) in [6.07, 6.45) is -0.634. The summed E-state index contributed by atoms with van der Waals surface area (Å²) in [5.74, 6) is -1.74. The van der Waals surface area contributed by atoms with E-state index in [0.29, 0.717) is 4.90 Å². The van der Waals surface area contributed by atoms with Gasteiger partial charge in [0.2, 0.25) is 0 Å². The van der Waals surface area contributed by atoms with Crippen molar-refractivity contribution < 1.29 is 13.9 Å². The van der Waals surface area contributed by atoms with Gasteiger partial charge >= 0.3 is 0 Å². The lowest BCUT2D eigenvalue weighted by Crippen LogP contribution is -1.94. The van der Waals surface area contributed by atoms with Crippen LogP contribution in [0.4, 0.5) is 8.78 Å². The van der Waals surface area contributed by atoms with Gasteiger partial charge in [0.25, 0.3) is 0 Å². The van der Waals surface area contributed by atoms with Gasteiger partial charge in [-0.1, -0.05) is 27.7 Å². The fraction of sp³-hybridized carbons (Fsp3) is 0.143. The van der Waals surface area contributed by atoms with Gasteiger partial charge in [0.1, 0.15) is 0 Å². The Morgan fingerprint density at radius 3 is 2.47 bits per heavy atom. The molecule has 5 heteroatoms. The minimum absolute atomic E-state index is 0.586. The van der Waals surface area contributed by atoms with E-state index in [4.69, 9.17) is 0 Å². The third-order valence-electron chi connectivity index (χ3n) is 2.54. The molecule has 1 atom stereocenters. The largest absolute Gasteiger partial charge is 0.389 e. The maximum atomic E-state index is 13.2. The minimum Gasteiger partial charge on any atom is -0.389 e. The molecule has 0 saturated carbocycles. The lowest BCUT2D eigenvalue weighted by atomic mass is 10.1. The first kappa shape index (κ1) is 14.5. The molecule has 19 heavy (non-hydrogen) atoms. The van der Waals surface area contributed by atoms with Crippen molar-refractivity contribution in [2.45, 2.75) is 22.8 Å². The standard InChI is InChI=1S/C14H11BrF2OS/c1-8(18)11-6-9(15)2-5-14(11)19-10-3-4-12(16)13(17)7-10/h2-8,18H,1H3. The Bertz CT molecular complexity index is 602. The quantitative estimate of drug-likeness (QED) is 0.851. The Labute approximate surface area is 122 Å². The highest BCUT2D eigenvalue weighted by atomic mass is 79.9. The van der Waals surface area contributed by atoms with E-state index in [-0.39, 0.29) is 0 Å². The van der Waals surface area contributed by atoms with Crippen LogP contribution in [0.2, 0.25) is 0 Å². The number of hydrogen-bond acceptors (Lipinski definition) is 2. The van der Waals surface area contributed by atoms with E-state index in [0.717, 1.165) is 27.1 Å². The number of aliphatic hydroxyl groups is 1. The molecule has 2 aromatic carbocycles. The van der Waals surface area contributed by atoms with Gasteiger partial charge < -0.3 is 5.11 Å². The van der Waals surface area contributed by atoms with E-state index in [9.17, 15) is 13.9 Å². The number of hydrogen-bond donors (Lipinski definition) is 1. The predicted octanol–water partition coefficient (Wildman–Crippen LogP) is 4.93. The second-order valence-corrected chi connectivity index (χ2v) is 6.07. The molecule has 0 aliphatic heterocycles. The maximum Gasteiger partial charge on any atom is 0.159 e. The molecular weight excluding hydrogens is 334 g/mol. The third kappa shape index (κ3) is 3.55. The van der Waals surface area contributed by atoms with Crippen LogP contribution < -0.4 is 0 Å². The van der Waals surface area contributed by atoms with Crippen molar-refractivity contribution in [3.63, 3.8) is 0 Å². The average molecular weight is 345 g/mol. The lowest BCUT2D eigenvalue weighted by Gasteiger charge is -2.12. The summed E-state index contributed by atoms with van der Waals surface area (Å²) < 4.78 is 26.9. The first-order valence-electron chi connectivity index (χ1n) is 5.58. The Morgan fingerprint density at radius 2 is 1.84 bits per heavy atom. The Hall–Kier alpha value is -0.910. The summed E-state index contributed by atoms with van der Waals surface area (Å²) in [7, 11) is 0. The summed E-state index contributed by atoms with van der Waals surface area (Å²) in [6.45, 7) is 1.66. The van der Waals surface area contributed by atoms with Crippen molar-refractivity contribution >= 4 is 27.7 Å². The highest BCUT2D eigenvalue weighted by Crippen LogP contribution is 2.35. The molecule has 0 aromatic heterocycles. The average Bonchev–Trinajstić information content (AvgIpc) is 2.36. The summed E-state index contributed by atoms with van der Waals surface area (Å²) in [4.78, 5) is 1.40. The van der Waals surface area contributed by atoms with Crippen LogP contribution in [-0.4, -0.2) is 5.11 Å². The van der Waals surface area contributed by atoms with Crippen LogP contribution >= 0.6 is 27.7 Å². The molecule has 0 fully saturated rings. The van der Waals surface area contributed by atoms with Crippen molar-refractivity contribution in [2.24, 2.45) is 0 Å². The van der Waals surface area contributed by atoms with Gasteiger partial charge in [0.15, 0.2) is 11.6 Å². The van der Waals surface area contributed by atoms with E-state index < -0.39 is 17.7 Å².